The molecule has 0 aromatic heterocycles. The van der Waals surface area contributed by atoms with E-state index in [1.165, 1.54) is 19.3 Å². The van der Waals surface area contributed by atoms with Gasteiger partial charge >= 0.3 is 0 Å². The number of carbonyl (C=O) groups excluding carboxylic acids is 2. The molecule has 4 heteroatoms. The van der Waals surface area contributed by atoms with Crippen LogP contribution in [-0.4, -0.2) is 23.8 Å². The van der Waals surface area contributed by atoms with Crippen molar-refractivity contribution in [3.8, 4) is 0 Å². The standard InChI is InChI=1S/C26H30O4/c1-18(2)13-15-26(16-14-19(3)4)23(28)17-22(30-5)24(25(26)29)21(27)12-11-20-9-7-6-8-10-20/h6-14,17,27H,15-16H2,1-5H3/b12-11+,24-21+. The number of rotatable bonds is 7. The molecule has 0 radical (unpaired) electrons. The Kier molecular flexibility index (Phi) is 7.76. The highest BCUT2D eigenvalue weighted by Gasteiger charge is 2.49. The first-order chi connectivity index (χ1) is 14.2. The summed E-state index contributed by atoms with van der Waals surface area (Å²) in [5, 5.41) is 10.8. The van der Waals surface area contributed by atoms with Crippen LogP contribution in [0.2, 0.25) is 0 Å². The maximum absolute atomic E-state index is 13.7. The zero-order valence-corrected chi connectivity index (χ0v) is 18.4. The molecule has 4 nitrogen and oxygen atoms in total. The summed E-state index contributed by atoms with van der Waals surface area (Å²) in [6.45, 7) is 7.72. The molecule has 0 bridgehead atoms. The fraction of sp³-hybridized carbons (Fsp3) is 0.308. The lowest BCUT2D eigenvalue weighted by molar-refractivity contribution is -0.136. The van der Waals surface area contributed by atoms with Crippen molar-refractivity contribution in [2.75, 3.05) is 7.11 Å². The van der Waals surface area contributed by atoms with E-state index >= 15 is 0 Å². The average Bonchev–Trinajstić information content (AvgIpc) is 2.71. The molecule has 0 aliphatic heterocycles. The van der Waals surface area contributed by atoms with E-state index < -0.39 is 11.2 Å². The fourth-order valence-electron chi connectivity index (χ4n) is 3.25. The van der Waals surface area contributed by atoms with Crippen LogP contribution < -0.4 is 0 Å². The van der Waals surface area contributed by atoms with E-state index in [0.717, 1.165) is 16.7 Å². The number of ether oxygens (including phenoxy) is 1. The Morgan fingerprint density at radius 2 is 1.57 bits per heavy atom. The molecule has 0 fully saturated rings. The highest BCUT2D eigenvalue weighted by Crippen LogP contribution is 2.41. The van der Waals surface area contributed by atoms with E-state index in [9.17, 15) is 14.7 Å². The maximum Gasteiger partial charge on any atom is 0.184 e. The van der Waals surface area contributed by atoms with Crippen molar-refractivity contribution in [2.24, 2.45) is 5.41 Å². The summed E-state index contributed by atoms with van der Waals surface area (Å²) >= 11 is 0. The molecule has 1 aliphatic rings. The van der Waals surface area contributed by atoms with Crippen LogP contribution in [0.15, 0.2) is 82.9 Å². The highest BCUT2D eigenvalue weighted by molar-refractivity contribution is 6.23. The third kappa shape index (κ3) is 5.26. The predicted octanol–water partition coefficient (Wildman–Crippen LogP) is 5.89. The van der Waals surface area contributed by atoms with Gasteiger partial charge in [-0.3, -0.25) is 9.59 Å². The molecule has 30 heavy (non-hydrogen) atoms. The van der Waals surface area contributed by atoms with Crippen molar-refractivity contribution in [3.63, 3.8) is 0 Å². The Morgan fingerprint density at radius 3 is 2.07 bits per heavy atom. The van der Waals surface area contributed by atoms with Crippen LogP contribution in [0.1, 0.15) is 46.1 Å². The monoisotopic (exact) mass is 406 g/mol. The molecule has 0 saturated heterocycles. The van der Waals surface area contributed by atoms with E-state index in [0.29, 0.717) is 0 Å². The zero-order valence-electron chi connectivity index (χ0n) is 18.4. The van der Waals surface area contributed by atoms with Gasteiger partial charge in [0.2, 0.25) is 0 Å². The van der Waals surface area contributed by atoms with Crippen molar-refractivity contribution < 1.29 is 19.4 Å². The summed E-state index contributed by atoms with van der Waals surface area (Å²) in [5.74, 6) is -0.853. The molecule has 2 rings (SSSR count). The SMILES string of the molecule is COC1=CC(=O)C(CC=C(C)C)(CC=C(C)C)C(=O)/C1=C(O)\C=C\c1ccccc1. The maximum atomic E-state index is 13.7. The van der Waals surface area contributed by atoms with Gasteiger partial charge in [-0.05, 0) is 52.2 Å². The van der Waals surface area contributed by atoms with E-state index in [1.54, 1.807) is 6.08 Å². The van der Waals surface area contributed by atoms with Crippen molar-refractivity contribution >= 4 is 17.6 Å². The molecule has 1 aromatic rings. The van der Waals surface area contributed by atoms with Crippen LogP contribution in [0.4, 0.5) is 0 Å². The van der Waals surface area contributed by atoms with Crippen LogP contribution in [0.3, 0.4) is 0 Å². The third-order valence-corrected chi connectivity index (χ3v) is 5.07. The summed E-state index contributed by atoms with van der Waals surface area (Å²) in [6, 6.07) is 9.46. The van der Waals surface area contributed by atoms with E-state index in [4.69, 9.17) is 4.74 Å². The number of hydrogen-bond donors (Lipinski definition) is 1. The predicted molar refractivity (Wildman–Crippen MR) is 121 cm³/mol. The fourth-order valence-corrected chi connectivity index (χ4v) is 3.25. The molecule has 0 spiro atoms. The van der Waals surface area contributed by atoms with Crippen molar-refractivity contribution in [1.29, 1.82) is 0 Å². The molecule has 0 amide bonds. The summed E-state index contributed by atoms with van der Waals surface area (Å²) < 4.78 is 5.30. The first-order valence-electron chi connectivity index (χ1n) is 9.99. The van der Waals surface area contributed by atoms with Gasteiger partial charge in [0.1, 0.15) is 22.5 Å². The number of benzene rings is 1. The van der Waals surface area contributed by atoms with Gasteiger partial charge in [-0.1, -0.05) is 59.7 Å². The number of hydrogen-bond acceptors (Lipinski definition) is 4. The van der Waals surface area contributed by atoms with E-state index in [2.05, 4.69) is 0 Å². The second-order valence-electron chi connectivity index (χ2n) is 7.96. The summed E-state index contributed by atoms with van der Waals surface area (Å²) in [6.07, 6.45) is 8.85. The minimum absolute atomic E-state index is 0.0357. The summed E-state index contributed by atoms with van der Waals surface area (Å²) in [7, 11) is 1.39. The first kappa shape index (κ1) is 23.1. The number of Topliss-reactive ketones (excluding diaryl/α,β-unsaturated/α-hetero) is 1. The van der Waals surface area contributed by atoms with Gasteiger partial charge in [0.25, 0.3) is 0 Å². The van der Waals surface area contributed by atoms with Crippen LogP contribution in [0, 0.1) is 5.41 Å². The molecule has 0 unspecified atom stereocenters. The van der Waals surface area contributed by atoms with Crippen molar-refractivity contribution in [3.05, 3.63) is 88.4 Å². The Hall–Kier alpha value is -3.14. The number of methoxy groups -OCH3 is 1. The minimum atomic E-state index is -1.29. The molecule has 0 atom stereocenters. The van der Waals surface area contributed by atoms with Gasteiger partial charge < -0.3 is 9.84 Å². The Morgan fingerprint density at radius 1 is 1.00 bits per heavy atom. The second kappa shape index (κ2) is 10.1. The quantitative estimate of drug-likeness (QED) is 0.265. The third-order valence-electron chi connectivity index (χ3n) is 5.07. The van der Waals surface area contributed by atoms with Gasteiger partial charge in [0.05, 0.1) is 7.11 Å². The molecule has 0 heterocycles. The topological polar surface area (TPSA) is 63.6 Å². The Bertz CT molecular complexity index is 928. The zero-order chi connectivity index (χ0) is 22.3. The lowest BCUT2D eigenvalue weighted by atomic mass is 9.67. The average molecular weight is 407 g/mol. The molecular formula is C26H30O4. The highest BCUT2D eigenvalue weighted by atomic mass is 16.5. The molecule has 1 aliphatic carbocycles. The van der Waals surface area contributed by atoms with Crippen molar-refractivity contribution in [1.82, 2.24) is 0 Å². The van der Waals surface area contributed by atoms with Crippen molar-refractivity contribution in [2.45, 2.75) is 40.5 Å². The number of allylic oxidation sites excluding steroid dienone is 7. The van der Waals surface area contributed by atoms with Crippen LogP contribution in [0.5, 0.6) is 0 Å². The molecule has 1 N–H and O–H groups in total. The Balaban J connectivity index is 2.61. The smallest absolute Gasteiger partial charge is 0.184 e. The summed E-state index contributed by atoms with van der Waals surface area (Å²) in [4.78, 5) is 26.8. The largest absolute Gasteiger partial charge is 0.507 e. The number of carbonyl (C=O) groups is 2. The van der Waals surface area contributed by atoms with Gasteiger partial charge in [-0.15, -0.1) is 0 Å². The second-order valence-corrected chi connectivity index (χ2v) is 7.96. The number of ketones is 2. The lowest BCUT2D eigenvalue weighted by Gasteiger charge is -2.33. The minimum Gasteiger partial charge on any atom is -0.507 e. The van der Waals surface area contributed by atoms with E-state index in [1.807, 2.05) is 70.2 Å². The Labute approximate surface area is 179 Å². The molecule has 1 aromatic carbocycles. The molecule has 0 saturated carbocycles. The number of aliphatic hydroxyl groups is 1. The van der Waals surface area contributed by atoms with Gasteiger partial charge in [-0.25, -0.2) is 0 Å². The van der Waals surface area contributed by atoms with Crippen LogP contribution >= 0.6 is 0 Å². The van der Waals surface area contributed by atoms with Gasteiger partial charge in [0.15, 0.2) is 11.6 Å². The molecule has 158 valence electrons. The first-order valence-corrected chi connectivity index (χ1v) is 9.99. The lowest BCUT2D eigenvalue weighted by Crippen LogP contribution is -2.43. The summed E-state index contributed by atoms with van der Waals surface area (Å²) in [5.41, 5.74) is 1.67. The van der Waals surface area contributed by atoms with Crippen LogP contribution in [-0.2, 0) is 14.3 Å². The van der Waals surface area contributed by atoms with Gasteiger partial charge in [-0.2, -0.15) is 0 Å². The van der Waals surface area contributed by atoms with Gasteiger partial charge in [0, 0.05) is 6.08 Å². The van der Waals surface area contributed by atoms with E-state index in [-0.39, 0.29) is 35.7 Å². The van der Waals surface area contributed by atoms with Crippen LogP contribution in [0.25, 0.3) is 6.08 Å². The normalized spacial score (nSPS) is 17.4. The molecular weight excluding hydrogens is 376 g/mol. The number of aliphatic hydroxyl groups excluding tert-OH is 1.